The molecule has 0 radical (unpaired) electrons. The van der Waals surface area contributed by atoms with Crippen LogP contribution in [0.1, 0.15) is 0 Å². The second kappa shape index (κ2) is 12.1. The molecule has 8 aromatic carbocycles. The summed E-state index contributed by atoms with van der Waals surface area (Å²) in [4.78, 5) is 7.06. The Kier molecular flexibility index (Phi) is 6.79. The Morgan fingerprint density at radius 2 is 0.926 bits per heavy atom. The predicted octanol–water partition coefficient (Wildman–Crippen LogP) is 14.1. The Morgan fingerprint density at radius 1 is 0.370 bits per heavy atom. The molecule has 5 heteroatoms. The smallest absolute Gasteiger partial charge is 0.227 e. The fraction of sp³-hybridized carbons (Fsp3) is 0. The maximum absolute atomic E-state index is 6.55. The van der Waals surface area contributed by atoms with Gasteiger partial charge in [0, 0.05) is 50.9 Å². The topological polar surface area (TPSA) is 55.6 Å². The highest BCUT2D eigenvalue weighted by atomic mass is 16.4. The van der Waals surface area contributed by atoms with Crippen LogP contribution in [-0.4, -0.2) is 4.98 Å². The summed E-state index contributed by atoms with van der Waals surface area (Å²) in [6.45, 7) is 0. The third kappa shape index (κ3) is 4.90. The molecule has 3 aromatic heterocycles. The number of furan rings is 2. The molecule has 0 saturated carbocycles. The molecule has 11 aromatic rings. The zero-order valence-electron chi connectivity index (χ0n) is 28.9. The van der Waals surface area contributed by atoms with E-state index in [9.17, 15) is 0 Å². The average Bonchev–Trinajstić information content (AvgIpc) is 3.95. The van der Waals surface area contributed by atoms with Crippen molar-refractivity contribution < 1.29 is 13.3 Å². The van der Waals surface area contributed by atoms with E-state index in [0.717, 1.165) is 83.2 Å². The van der Waals surface area contributed by atoms with Gasteiger partial charge in [0.1, 0.15) is 27.8 Å². The molecule has 0 atom stereocenters. The van der Waals surface area contributed by atoms with Crippen molar-refractivity contribution in [2.45, 2.75) is 0 Å². The van der Waals surface area contributed by atoms with Crippen LogP contribution in [0.25, 0.3) is 88.7 Å². The molecule has 54 heavy (non-hydrogen) atoms. The summed E-state index contributed by atoms with van der Waals surface area (Å²) in [6.07, 6.45) is 0. The van der Waals surface area contributed by atoms with Gasteiger partial charge in [0.05, 0.1) is 5.39 Å². The fourth-order valence-corrected chi connectivity index (χ4v) is 7.77. The molecule has 0 aliphatic heterocycles. The lowest BCUT2D eigenvalue weighted by Crippen LogP contribution is -2.09. The van der Waals surface area contributed by atoms with Gasteiger partial charge in [0.15, 0.2) is 5.58 Å². The van der Waals surface area contributed by atoms with Crippen molar-refractivity contribution in [3.63, 3.8) is 0 Å². The van der Waals surface area contributed by atoms with E-state index in [1.165, 1.54) is 16.7 Å². The number of hydrogen-bond acceptors (Lipinski definition) is 5. The lowest BCUT2D eigenvalue weighted by Gasteiger charge is -2.25. The van der Waals surface area contributed by atoms with Crippen LogP contribution in [0, 0.1) is 0 Å². The molecule has 0 saturated heterocycles. The largest absolute Gasteiger partial charge is 0.456 e. The summed E-state index contributed by atoms with van der Waals surface area (Å²) in [7, 11) is 0. The molecule has 3 heterocycles. The first-order chi connectivity index (χ1) is 26.7. The van der Waals surface area contributed by atoms with Crippen LogP contribution in [0.3, 0.4) is 0 Å². The number of nitrogens with zero attached hydrogens (tertiary/aromatic N) is 2. The zero-order valence-corrected chi connectivity index (χ0v) is 28.9. The standard InChI is InChI=1S/C49H30N2O3/c1-3-11-31(12-4-1)37-15-7-8-16-38(37)32-19-21-34(22-20-32)51(35-23-25-40-39-17-9-10-18-43(39)52-45(40)29-35)36-24-26-41-46(30-36)53-44-28-27-42-48(47(41)44)54-49(50-42)33-13-5-2-6-14-33/h1-30H. The van der Waals surface area contributed by atoms with Gasteiger partial charge in [0.25, 0.3) is 0 Å². The number of rotatable bonds is 6. The van der Waals surface area contributed by atoms with Crippen molar-refractivity contribution in [2.75, 3.05) is 4.90 Å². The van der Waals surface area contributed by atoms with Crippen molar-refractivity contribution >= 4 is 72.0 Å². The molecule has 0 aliphatic carbocycles. The van der Waals surface area contributed by atoms with Crippen LogP contribution in [-0.2, 0) is 0 Å². The molecule has 0 aliphatic rings. The highest BCUT2D eigenvalue weighted by molar-refractivity contribution is 6.17. The molecular weight excluding hydrogens is 665 g/mol. The third-order valence-corrected chi connectivity index (χ3v) is 10.3. The number of anilines is 3. The SMILES string of the molecule is c1ccc(-c2nc3ccc4oc5cc(N(c6ccc(-c7ccccc7-c7ccccc7)cc6)c6ccc7c(c6)oc6ccccc67)ccc5c4c3o2)cc1. The minimum Gasteiger partial charge on any atom is -0.456 e. The summed E-state index contributed by atoms with van der Waals surface area (Å²) in [6, 6.07) is 62.8. The number of para-hydroxylation sites is 1. The van der Waals surface area contributed by atoms with Crippen LogP contribution in [0.4, 0.5) is 17.1 Å². The molecule has 0 fully saturated rings. The first kappa shape index (κ1) is 30.3. The minimum atomic E-state index is 0.589. The first-order valence-corrected chi connectivity index (χ1v) is 18.0. The Hall–Kier alpha value is -7.37. The number of fused-ring (bicyclic) bond motifs is 8. The zero-order chi connectivity index (χ0) is 35.6. The van der Waals surface area contributed by atoms with Crippen molar-refractivity contribution in [1.82, 2.24) is 4.98 Å². The number of aromatic nitrogens is 1. The Bertz CT molecular complexity index is 3160. The summed E-state index contributed by atoms with van der Waals surface area (Å²) >= 11 is 0. The van der Waals surface area contributed by atoms with E-state index in [0.29, 0.717) is 5.89 Å². The molecule has 0 unspecified atom stereocenters. The lowest BCUT2D eigenvalue weighted by atomic mass is 9.94. The highest BCUT2D eigenvalue weighted by Gasteiger charge is 2.20. The Balaban J connectivity index is 1.06. The molecule has 0 bridgehead atoms. The monoisotopic (exact) mass is 694 g/mol. The van der Waals surface area contributed by atoms with Gasteiger partial charge in [-0.15, -0.1) is 0 Å². The van der Waals surface area contributed by atoms with Gasteiger partial charge in [-0.05, 0) is 89.0 Å². The third-order valence-electron chi connectivity index (χ3n) is 10.3. The summed E-state index contributed by atoms with van der Waals surface area (Å²) in [5, 5.41) is 4.07. The molecule has 0 spiro atoms. The number of benzene rings is 8. The van der Waals surface area contributed by atoms with Gasteiger partial charge < -0.3 is 18.2 Å². The van der Waals surface area contributed by atoms with Gasteiger partial charge in [-0.1, -0.05) is 103 Å². The quantitative estimate of drug-likeness (QED) is 0.173. The molecule has 11 rings (SSSR count). The Labute approximate surface area is 309 Å². The van der Waals surface area contributed by atoms with E-state index < -0.39 is 0 Å². The number of hydrogen-bond donors (Lipinski definition) is 0. The molecular formula is C49H30N2O3. The van der Waals surface area contributed by atoms with Gasteiger partial charge in [0.2, 0.25) is 5.89 Å². The Morgan fingerprint density at radius 3 is 1.67 bits per heavy atom. The molecule has 0 N–H and O–H groups in total. The van der Waals surface area contributed by atoms with Gasteiger partial charge in [-0.2, -0.15) is 0 Å². The van der Waals surface area contributed by atoms with Gasteiger partial charge in [-0.25, -0.2) is 4.98 Å². The van der Waals surface area contributed by atoms with Crippen LogP contribution < -0.4 is 4.90 Å². The summed E-state index contributed by atoms with van der Waals surface area (Å²) < 4.78 is 19.3. The van der Waals surface area contributed by atoms with Crippen LogP contribution in [0.2, 0.25) is 0 Å². The van der Waals surface area contributed by atoms with Crippen molar-refractivity contribution in [1.29, 1.82) is 0 Å². The molecule has 0 amide bonds. The second-order valence-electron chi connectivity index (χ2n) is 13.5. The molecule has 254 valence electrons. The van der Waals surface area contributed by atoms with E-state index in [1.807, 2.05) is 60.7 Å². The lowest BCUT2D eigenvalue weighted by molar-refractivity contribution is 0.622. The number of oxazole rings is 1. The van der Waals surface area contributed by atoms with Crippen molar-refractivity contribution in [2.24, 2.45) is 0 Å². The second-order valence-corrected chi connectivity index (χ2v) is 13.5. The van der Waals surface area contributed by atoms with E-state index in [1.54, 1.807) is 0 Å². The van der Waals surface area contributed by atoms with E-state index in [2.05, 4.69) is 126 Å². The normalized spacial score (nSPS) is 11.7. The van der Waals surface area contributed by atoms with E-state index in [4.69, 9.17) is 18.2 Å². The summed E-state index contributed by atoms with van der Waals surface area (Å²) in [5.74, 6) is 0.589. The predicted molar refractivity (Wildman–Crippen MR) is 220 cm³/mol. The van der Waals surface area contributed by atoms with Gasteiger partial charge >= 0.3 is 0 Å². The van der Waals surface area contributed by atoms with Gasteiger partial charge in [-0.3, -0.25) is 0 Å². The fourth-order valence-electron chi connectivity index (χ4n) is 7.77. The van der Waals surface area contributed by atoms with Crippen molar-refractivity contribution in [3.05, 3.63) is 182 Å². The van der Waals surface area contributed by atoms with Crippen LogP contribution in [0.5, 0.6) is 0 Å². The first-order valence-electron chi connectivity index (χ1n) is 18.0. The maximum Gasteiger partial charge on any atom is 0.227 e. The highest BCUT2D eigenvalue weighted by Crippen LogP contribution is 2.43. The van der Waals surface area contributed by atoms with E-state index >= 15 is 0 Å². The average molecular weight is 695 g/mol. The van der Waals surface area contributed by atoms with E-state index in [-0.39, 0.29) is 0 Å². The maximum atomic E-state index is 6.55. The van der Waals surface area contributed by atoms with Crippen molar-refractivity contribution in [3.8, 4) is 33.7 Å². The molecule has 5 nitrogen and oxygen atoms in total. The summed E-state index contributed by atoms with van der Waals surface area (Å²) in [5.41, 5.74) is 13.3. The minimum absolute atomic E-state index is 0.589. The van der Waals surface area contributed by atoms with Crippen LogP contribution in [0.15, 0.2) is 195 Å². The van der Waals surface area contributed by atoms with Crippen LogP contribution >= 0.6 is 0 Å².